The van der Waals surface area contributed by atoms with Crippen LogP contribution in [-0.2, 0) is 27.0 Å². The van der Waals surface area contributed by atoms with Gasteiger partial charge in [0, 0.05) is 16.4 Å². The molecule has 2 spiro atoms. The summed E-state index contributed by atoms with van der Waals surface area (Å²) in [4.78, 5) is 29.7. The number of rotatable bonds is 2. The Hall–Kier alpha value is -4.13. The van der Waals surface area contributed by atoms with E-state index in [1.165, 1.54) is 0 Å². The molecule has 1 saturated carbocycles. The highest BCUT2D eigenvalue weighted by Gasteiger charge is 3.00. The normalized spacial score (nSPS) is 25.0. The summed E-state index contributed by atoms with van der Waals surface area (Å²) in [6.07, 6.45) is 0. The van der Waals surface area contributed by atoms with Gasteiger partial charge in [-0.2, -0.15) is 10.5 Å². The molecule has 3 aromatic rings. The van der Waals surface area contributed by atoms with Crippen molar-refractivity contribution in [1.82, 2.24) is 0 Å². The number of benzene rings is 3. The van der Waals surface area contributed by atoms with Crippen LogP contribution in [0.15, 0.2) is 66.7 Å². The van der Waals surface area contributed by atoms with Gasteiger partial charge in [0.1, 0.15) is 10.8 Å². The zero-order valence-corrected chi connectivity index (χ0v) is 18.8. The molecule has 0 saturated heterocycles. The van der Waals surface area contributed by atoms with Gasteiger partial charge in [-0.3, -0.25) is 9.59 Å². The van der Waals surface area contributed by atoms with Crippen LogP contribution in [0.2, 0.25) is 5.02 Å². The molecule has 0 unspecified atom stereocenters. The Morgan fingerprint density at radius 1 is 0.941 bits per heavy atom. The average molecular weight is 465 g/mol. The zero-order chi connectivity index (χ0) is 23.9. The van der Waals surface area contributed by atoms with E-state index in [1.807, 2.05) is 55.5 Å². The van der Waals surface area contributed by atoms with Gasteiger partial charge in [0.2, 0.25) is 11.8 Å². The van der Waals surface area contributed by atoms with E-state index < -0.39 is 28.1 Å². The molecule has 6 rings (SSSR count). The van der Waals surface area contributed by atoms with E-state index >= 15 is 0 Å². The lowest BCUT2D eigenvalue weighted by molar-refractivity contribution is -0.124. The van der Waals surface area contributed by atoms with Crippen LogP contribution in [0, 0.1) is 35.0 Å². The second-order valence-electron chi connectivity index (χ2n) is 9.02. The highest BCUT2D eigenvalue weighted by molar-refractivity contribution is 6.32. The Morgan fingerprint density at radius 3 is 2.38 bits per heavy atom. The number of nitrogens with zero attached hydrogens (tertiary/aromatic N) is 3. The minimum atomic E-state index is -1.91. The number of nitrogens with one attached hydrogen (secondary N) is 1. The van der Waals surface area contributed by atoms with E-state index in [9.17, 15) is 20.1 Å². The number of amides is 2. The monoisotopic (exact) mass is 464 g/mol. The van der Waals surface area contributed by atoms with Gasteiger partial charge in [0.25, 0.3) is 0 Å². The third kappa shape index (κ3) is 1.98. The lowest BCUT2D eigenvalue weighted by atomic mass is 9.82. The topological polar surface area (TPSA) is 97.0 Å². The smallest absolute Gasteiger partial charge is 0.242 e. The SMILES string of the molecule is Cc1ccc2c(c1)[C@@]1(C(=O)N2Cc2ccccc2)C(C#N)(C#N)[C@@]12C(=O)Nc1cc(Cl)ccc12. The van der Waals surface area contributed by atoms with Crippen LogP contribution in [0.4, 0.5) is 11.4 Å². The van der Waals surface area contributed by atoms with Crippen molar-refractivity contribution in [2.24, 2.45) is 5.41 Å². The summed E-state index contributed by atoms with van der Waals surface area (Å²) >= 11 is 6.16. The number of hydrogen-bond acceptors (Lipinski definition) is 4. The van der Waals surface area contributed by atoms with E-state index in [4.69, 9.17) is 11.6 Å². The number of anilines is 2. The molecule has 34 heavy (non-hydrogen) atoms. The lowest BCUT2D eigenvalue weighted by Crippen LogP contribution is -2.38. The Kier molecular flexibility index (Phi) is 3.90. The van der Waals surface area contributed by atoms with Crippen LogP contribution in [0.1, 0.15) is 22.3 Å². The standard InChI is InChI=1S/C27H17ClN4O2/c1-16-7-10-22-20(11-16)27(24(34)32(22)13-17-5-3-2-4-6-17)25(14-29,15-30)26(27)19-9-8-18(28)12-21(19)31-23(26)33/h2-12H,13H2,1H3,(H,31,33)/t26-,27-/m1/s1. The molecule has 3 aliphatic rings. The molecule has 7 heteroatoms. The number of aryl methyl sites for hydroxylation is 1. The van der Waals surface area contributed by atoms with Crippen LogP contribution in [-0.4, -0.2) is 11.8 Å². The highest BCUT2D eigenvalue weighted by atomic mass is 35.5. The maximum Gasteiger partial charge on any atom is 0.242 e. The van der Waals surface area contributed by atoms with Gasteiger partial charge >= 0.3 is 0 Å². The van der Waals surface area contributed by atoms with E-state index in [-0.39, 0.29) is 6.54 Å². The number of hydrogen-bond donors (Lipinski definition) is 1. The molecule has 2 amide bonds. The third-order valence-electron chi connectivity index (χ3n) is 7.53. The molecule has 2 aliphatic heterocycles. The molecule has 0 radical (unpaired) electrons. The lowest BCUT2D eigenvalue weighted by Gasteiger charge is -2.19. The van der Waals surface area contributed by atoms with Gasteiger partial charge in [-0.05, 0) is 41.8 Å². The molecule has 1 fully saturated rings. The number of carbonyl (C=O) groups is 2. The predicted molar refractivity (Wildman–Crippen MR) is 126 cm³/mol. The molecular formula is C27H17ClN4O2. The summed E-state index contributed by atoms with van der Waals surface area (Å²) in [5.74, 6) is -0.951. The maximum absolute atomic E-state index is 14.4. The van der Waals surface area contributed by atoms with Crippen LogP contribution >= 0.6 is 11.6 Å². The van der Waals surface area contributed by atoms with Crippen LogP contribution in [0.25, 0.3) is 0 Å². The van der Waals surface area contributed by atoms with E-state index in [0.717, 1.165) is 11.1 Å². The first-order valence-electron chi connectivity index (χ1n) is 10.8. The first-order chi connectivity index (χ1) is 16.4. The van der Waals surface area contributed by atoms with Gasteiger partial charge in [-0.25, -0.2) is 0 Å². The minimum Gasteiger partial charge on any atom is -0.325 e. The number of carbonyl (C=O) groups excluding carboxylic acids is 2. The maximum atomic E-state index is 14.4. The molecule has 164 valence electrons. The summed E-state index contributed by atoms with van der Waals surface area (Å²) in [7, 11) is 0. The first-order valence-corrected chi connectivity index (χ1v) is 11.2. The minimum absolute atomic E-state index is 0.260. The summed E-state index contributed by atoms with van der Waals surface area (Å²) in [6.45, 7) is 2.14. The van der Waals surface area contributed by atoms with E-state index in [0.29, 0.717) is 27.5 Å². The van der Waals surface area contributed by atoms with Crippen molar-refractivity contribution in [2.45, 2.75) is 24.3 Å². The first kappa shape index (κ1) is 20.5. The largest absolute Gasteiger partial charge is 0.325 e. The van der Waals surface area contributed by atoms with Crippen molar-refractivity contribution < 1.29 is 9.59 Å². The quantitative estimate of drug-likeness (QED) is 0.609. The van der Waals surface area contributed by atoms with Crippen LogP contribution in [0.5, 0.6) is 0 Å². The summed E-state index contributed by atoms with van der Waals surface area (Å²) in [5.41, 5.74) is -1.45. The number of halogens is 1. The number of nitriles is 2. The molecular weight excluding hydrogens is 448 g/mol. The van der Waals surface area contributed by atoms with Crippen molar-refractivity contribution in [3.8, 4) is 12.1 Å². The molecule has 1 N–H and O–H groups in total. The van der Waals surface area contributed by atoms with Crippen LogP contribution in [0.3, 0.4) is 0 Å². The molecule has 2 heterocycles. The Bertz CT molecular complexity index is 1510. The molecule has 0 bridgehead atoms. The molecule has 1 aliphatic carbocycles. The van der Waals surface area contributed by atoms with Crippen molar-refractivity contribution in [3.63, 3.8) is 0 Å². The molecule has 0 aromatic heterocycles. The molecule has 6 nitrogen and oxygen atoms in total. The van der Waals surface area contributed by atoms with E-state index in [2.05, 4.69) is 17.5 Å². The van der Waals surface area contributed by atoms with Gasteiger partial charge in [0.15, 0.2) is 5.41 Å². The second-order valence-corrected chi connectivity index (χ2v) is 9.45. The van der Waals surface area contributed by atoms with Gasteiger partial charge in [-0.1, -0.05) is 65.7 Å². The zero-order valence-electron chi connectivity index (χ0n) is 18.1. The summed E-state index contributed by atoms with van der Waals surface area (Å²) in [6, 6.07) is 24.2. The van der Waals surface area contributed by atoms with E-state index in [1.54, 1.807) is 23.1 Å². The molecule has 2 atom stereocenters. The van der Waals surface area contributed by atoms with Gasteiger partial charge in [-0.15, -0.1) is 0 Å². The average Bonchev–Trinajstić information content (AvgIpc) is 3.16. The summed E-state index contributed by atoms with van der Waals surface area (Å²) < 4.78 is 0. The Morgan fingerprint density at radius 2 is 1.68 bits per heavy atom. The third-order valence-corrected chi connectivity index (χ3v) is 7.77. The Labute approximate surface area is 201 Å². The molecule has 3 aromatic carbocycles. The van der Waals surface area contributed by atoms with Crippen LogP contribution < -0.4 is 10.2 Å². The fourth-order valence-electron chi connectivity index (χ4n) is 6.21. The fraction of sp³-hybridized carbons (Fsp3) is 0.185. The van der Waals surface area contributed by atoms with Crippen molar-refractivity contribution in [3.05, 3.63) is 94.0 Å². The van der Waals surface area contributed by atoms with Crippen molar-refractivity contribution in [2.75, 3.05) is 10.2 Å². The Balaban J connectivity index is 1.66. The second kappa shape index (κ2) is 6.47. The summed E-state index contributed by atoms with van der Waals surface area (Å²) in [5, 5.41) is 24.1. The van der Waals surface area contributed by atoms with Crippen molar-refractivity contribution in [1.29, 1.82) is 10.5 Å². The number of fused-ring (bicyclic) bond motifs is 5. The van der Waals surface area contributed by atoms with Crippen molar-refractivity contribution >= 4 is 34.8 Å². The highest BCUT2D eigenvalue weighted by Crippen LogP contribution is 2.83. The predicted octanol–water partition coefficient (Wildman–Crippen LogP) is 4.37. The fourth-order valence-corrected chi connectivity index (χ4v) is 6.39. The van der Waals surface area contributed by atoms with Gasteiger partial charge < -0.3 is 10.2 Å². The van der Waals surface area contributed by atoms with Gasteiger partial charge in [0.05, 0.1) is 18.7 Å².